The van der Waals surface area contributed by atoms with Crippen molar-refractivity contribution in [3.05, 3.63) is 0 Å². The van der Waals surface area contributed by atoms with Crippen LogP contribution in [0, 0.1) is 0 Å². The normalized spacial score (nSPS) is 5.17. The summed E-state index contributed by atoms with van der Waals surface area (Å²) in [5, 5.41) is 7.42. The molecule has 1 N–H and O–H groups in total. The van der Waals surface area contributed by atoms with Crippen molar-refractivity contribution in [1.82, 2.24) is 0 Å². The van der Waals surface area contributed by atoms with Gasteiger partial charge in [0.2, 0.25) is 0 Å². The van der Waals surface area contributed by atoms with Gasteiger partial charge in [0.25, 0.3) is 5.97 Å². The van der Waals surface area contributed by atoms with Crippen LogP contribution in [0.5, 0.6) is 0 Å². The van der Waals surface area contributed by atoms with E-state index >= 15 is 0 Å². The first-order valence-corrected chi connectivity index (χ1v) is 5.43. The fraction of sp³-hybridized carbons (Fsp3) is 0.500. The summed E-state index contributed by atoms with van der Waals surface area (Å²) in [5.74, 6) is -0.833. The van der Waals surface area contributed by atoms with E-state index in [2.05, 4.69) is 10.1 Å². The summed E-state index contributed by atoms with van der Waals surface area (Å²) < 4.78 is 0. The second kappa shape index (κ2) is 9.00. The van der Waals surface area contributed by atoms with Crippen LogP contribution in [0.1, 0.15) is 6.92 Å². The summed E-state index contributed by atoms with van der Waals surface area (Å²) in [4.78, 5) is 9.00. The molecule has 0 aliphatic carbocycles. The van der Waals surface area contributed by atoms with Crippen LogP contribution in [0.25, 0.3) is 0 Å². The van der Waals surface area contributed by atoms with E-state index in [0.29, 0.717) is 0 Å². The molecule has 0 aromatic heterocycles. The van der Waals surface area contributed by atoms with Crippen molar-refractivity contribution in [2.75, 3.05) is 0 Å². The standard InChI is InChI=1S/C2H4O2.S.Zn/c1-2(3)4;;/h1H3,(H,3,4);;. The van der Waals surface area contributed by atoms with Gasteiger partial charge >= 0.3 is 26.7 Å². The zero-order chi connectivity index (χ0) is 5.58. The number of hydrogen-bond acceptors (Lipinski definition) is 2. The summed E-state index contributed by atoms with van der Waals surface area (Å²) in [7, 11) is 4.21. The summed E-state index contributed by atoms with van der Waals surface area (Å²) >= 11 is 0.958. The summed E-state index contributed by atoms with van der Waals surface area (Å²) in [6.07, 6.45) is 0. The summed E-state index contributed by atoms with van der Waals surface area (Å²) in [6.45, 7) is 1.08. The van der Waals surface area contributed by atoms with Gasteiger partial charge in [0.15, 0.2) is 0 Å². The molecule has 6 heavy (non-hydrogen) atoms. The van der Waals surface area contributed by atoms with Crippen molar-refractivity contribution in [2.45, 2.75) is 6.92 Å². The van der Waals surface area contributed by atoms with Gasteiger partial charge in [-0.2, -0.15) is 0 Å². The van der Waals surface area contributed by atoms with E-state index in [1.807, 2.05) is 0 Å². The molecule has 0 atom stereocenters. The molecule has 0 aliphatic rings. The van der Waals surface area contributed by atoms with Gasteiger partial charge in [-0.15, -0.1) is 0 Å². The third-order valence-electron chi connectivity index (χ3n) is 0. The average Bonchev–Trinajstić information content (AvgIpc) is 1.41. The van der Waals surface area contributed by atoms with Crippen molar-refractivity contribution < 1.29 is 26.5 Å². The molecular formula is C2H4O2SZn. The molecule has 0 aliphatic heterocycles. The van der Waals surface area contributed by atoms with Crippen LogP contribution in [0.2, 0.25) is 0 Å². The molecule has 0 rings (SSSR count). The van der Waals surface area contributed by atoms with E-state index in [1.54, 1.807) is 0 Å². The van der Waals surface area contributed by atoms with Crippen molar-refractivity contribution in [3.63, 3.8) is 0 Å². The number of hydrogen-bond donors (Lipinski definition) is 1. The second-order valence-electron chi connectivity index (χ2n) is 0.519. The fourth-order valence-electron chi connectivity index (χ4n) is 0. The topological polar surface area (TPSA) is 37.3 Å². The minimum absolute atomic E-state index is 0.833. The van der Waals surface area contributed by atoms with E-state index in [1.165, 1.54) is 0 Å². The van der Waals surface area contributed by atoms with Gasteiger partial charge in [-0.1, -0.05) is 0 Å². The zero-order valence-corrected chi connectivity index (χ0v) is 7.25. The molecule has 4 heteroatoms. The van der Waals surface area contributed by atoms with Crippen molar-refractivity contribution in [2.24, 2.45) is 0 Å². The number of carboxylic acid groups (broad SMARTS) is 1. The number of aliphatic carboxylic acids is 1. The molecule has 0 saturated heterocycles. The number of carboxylic acids is 1. The van der Waals surface area contributed by atoms with Crippen LogP contribution in [0.4, 0.5) is 0 Å². The van der Waals surface area contributed by atoms with Gasteiger partial charge in [-0.3, -0.25) is 4.79 Å². The average molecular weight is 158 g/mol. The third-order valence-corrected chi connectivity index (χ3v) is 0. The van der Waals surface area contributed by atoms with Crippen LogP contribution >= 0.6 is 10.1 Å². The van der Waals surface area contributed by atoms with E-state index in [0.717, 1.165) is 23.5 Å². The van der Waals surface area contributed by atoms with Crippen molar-refractivity contribution >= 4 is 16.1 Å². The first-order chi connectivity index (χ1) is 2.73. The van der Waals surface area contributed by atoms with Gasteiger partial charge in [0.05, 0.1) is 0 Å². The molecule has 0 aromatic carbocycles. The minimum atomic E-state index is -0.833. The molecule has 0 amide bonds. The molecule has 0 fully saturated rings. The van der Waals surface area contributed by atoms with Crippen LogP contribution in [-0.4, -0.2) is 11.1 Å². The Balaban J connectivity index is 0. The van der Waals surface area contributed by atoms with Gasteiger partial charge < -0.3 is 5.11 Å². The molecular weight excluding hydrogens is 153 g/mol. The summed E-state index contributed by atoms with van der Waals surface area (Å²) in [5.41, 5.74) is 0. The Labute approximate surface area is 49.8 Å². The predicted molar refractivity (Wildman–Crippen MR) is 20.9 cm³/mol. The van der Waals surface area contributed by atoms with E-state index in [-0.39, 0.29) is 0 Å². The Morgan fingerprint density at radius 2 is 1.83 bits per heavy atom. The van der Waals surface area contributed by atoms with Gasteiger partial charge in [0.1, 0.15) is 0 Å². The number of carbonyl (C=O) groups is 1. The number of rotatable bonds is 0. The molecule has 32 valence electrons. The Bertz CT molecular complexity index is 42.8. The van der Waals surface area contributed by atoms with Crippen LogP contribution < -0.4 is 0 Å². The van der Waals surface area contributed by atoms with Crippen LogP contribution in [0.3, 0.4) is 0 Å². The first kappa shape index (κ1) is 9.58. The predicted octanol–water partition coefficient (Wildman–Crippen LogP) is 0.737. The molecule has 0 spiro atoms. The first-order valence-electron chi connectivity index (χ1n) is 1.22. The Morgan fingerprint density at radius 3 is 1.83 bits per heavy atom. The quantitative estimate of drug-likeness (QED) is 0.527. The zero-order valence-electron chi connectivity index (χ0n) is 3.47. The second-order valence-corrected chi connectivity index (χ2v) is 0.519. The SMILES string of the molecule is CC(=O)O.[S]=[Zn]. The van der Waals surface area contributed by atoms with Gasteiger partial charge in [-0.05, 0) is 0 Å². The molecule has 2 nitrogen and oxygen atoms in total. The van der Waals surface area contributed by atoms with Crippen molar-refractivity contribution in [1.29, 1.82) is 0 Å². The molecule has 0 unspecified atom stereocenters. The molecule has 0 saturated carbocycles. The van der Waals surface area contributed by atoms with Gasteiger partial charge in [0, 0.05) is 6.92 Å². The Morgan fingerprint density at radius 1 is 1.83 bits per heavy atom. The Hall–Kier alpha value is 0.313. The maximum atomic E-state index is 9.00. The van der Waals surface area contributed by atoms with Crippen molar-refractivity contribution in [3.8, 4) is 0 Å². The van der Waals surface area contributed by atoms with E-state index in [4.69, 9.17) is 9.90 Å². The Kier molecular flexibility index (Phi) is 14.4. The van der Waals surface area contributed by atoms with Gasteiger partial charge in [-0.25, -0.2) is 0 Å². The van der Waals surface area contributed by atoms with Crippen LogP contribution in [-0.2, 0) is 21.4 Å². The monoisotopic (exact) mass is 156 g/mol. The maximum absolute atomic E-state index is 9.00. The van der Waals surface area contributed by atoms with Crippen LogP contribution in [0.15, 0.2) is 0 Å². The summed E-state index contributed by atoms with van der Waals surface area (Å²) in [6, 6.07) is 0. The van der Waals surface area contributed by atoms with E-state index in [9.17, 15) is 0 Å². The molecule has 0 aromatic rings. The van der Waals surface area contributed by atoms with E-state index < -0.39 is 5.97 Å². The molecule has 0 heterocycles. The third kappa shape index (κ3) is 482. The molecule has 0 radical (unpaired) electrons. The fourth-order valence-corrected chi connectivity index (χ4v) is 0. The molecule has 0 bridgehead atoms.